The third-order valence-electron chi connectivity index (χ3n) is 10.2. The number of hydrogen-bond acceptors (Lipinski definition) is 8. The predicted octanol–water partition coefficient (Wildman–Crippen LogP) is 7.61. The van der Waals surface area contributed by atoms with Gasteiger partial charge in [0.25, 0.3) is 0 Å². The molecular formula is C40H79NO8. The monoisotopic (exact) mass is 702 g/mol. The molecule has 1 rings (SSSR count). The highest BCUT2D eigenvalue weighted by Gasteiger charge is 2.44. The summed E-state index contributed by atoms with van der Waals surface area (Å²) < 4.78 is 11.2. The summed E-state index contributed by atoms with van der Waals surface area (Å²) in [4.78, 5) is 12.9. The van der Waals surface area contributed by atoms with Gasteiger partial charge >= 0.3 is 0 Å². The van der Waals surface area contributed by atoms with Crippen molar-refractivity contribution < 1.29 is 39.8 Å². The van der Waals surface area contributed by atoms with Gasteiger partial charge in [-0.05, 0) is 12.8 Å². The van der Waals surface area contributed by atoms with E-state index in [9.17, 15) is 30.3 Å². The van der Waals surface area contributed by atoms with Crippen LogP contribution in [0.25, 0.3) is 0 Å². The fourth-order valence-electron chi connectivity index (χ4n) is 6.81. The molecule has 0 spiro atoms. The van der Waals surface area contributed by atoms with Gasteiger partial charge in [-0.2, -0.15) is 0 Å². The number of nitrogens with one attached hydrogen (secondary N) is 1. The molecule has 1 saturated heterocycles. The molecule has 1 aliphatic rings. The smallest absolute Gasteiger partial charge is 0.220 e. The molecule has 0 aromatic heterocycles. The fraction of sp³-hybridized carbons (Fsp3) is 0.975. The Morgan fingerprint density at radius 1 is 0.612 bits per heavy atom. The molecule has 0 aromatic rings. The van der Waals surface area contributed by atoms with E-state index >= 15 is 0 Å². The Kier molecular flexibility index (Phi) is 30.1. The van der Waals surface area contributed by atoms with Crippen LogP contribution < -0.4 is 5.32 Å². The summed E-state index contributed by atoms with van der Waals surface area (Å²) in [6.45, 7) is 3.81. The van der Waals surface area contributed by atoms with Crippen molar-refractivity contribution >= 4 is 5.91 Å². The van der Waals surface area contributed by atoms with Crippen LogP contribution in [0.1, 0.15) is 194 Å². The van der Waals surface area contributed by atoms with Crippen molar-refractivity contribution in [2.45, 2.75) is 236 Å². The number of amides is 1. The maximum Gasteiger partial charge on any atom is 0.220 e. The number of carbonyl (C=O) groups is 1. The zero-order chi connectivity index (χ0) is 36.0. The van der Waals surface area contributed by atoms with Crippen LogP contribution in [0.5, 0.6) is 0 Å². The molecule has 0 aromatic carbocycles. The molecule has 1 amide bonds. The maximum absolute atomic E-state index is 12.9. The Hall–Kier alpha value is -0.810. The van der Waals surface area contributed by atoms with Gasteiger partial charge in [0, 0.05) is 6.42 Å². The molecule has 9 heteroatoms. The van der Waals surface area contributed by atoms with Gasteiger partial charge in [0.1, 0.15) is 24.4 Å². The Morgan fingerprint density at radius 3 is 1.45 bits per heavy atom. The highest BCUT2D eigenvalue weighted by molar-refractivity contribution is 5.76. The average molecular weight is 702 g/mol. The van der Waals surface area contributed by atoms with E-state index in [-0.39, 0.29) is 12.5 Å². The molecule has 0 aliphatic carbocycles. The molecule has 1 fully saturated rings. The van der Waals surface area contributed by atoms with E-state index in [1.807, 2.05) is 0 Å². The molecule has 1 heterocycles. The lowest BCUT2D eigenvalue weighted by molar-refractivity contribution is -0.302. The normalized spacial score (nSPS) is 22.3. The summed E-state index contributed by atoms with van der Waals surface area (Å²) in [5, 5.41) is 54.1. The number of ether oxygens (including phenoxy) is 2. The van der Waals surface area contributed by atoms with E-state index in [4.69, 9.17) is 9.47 Å². The zero-order valence-electron chi connectivity index (χ0n) is 31.7. The van der Waals surface area contributed by atoms with Crippen LogP contribution in [0.2, 0.25) is 0 Å². The Balaban J connectivity index is 2.34. The van der Waals surface area contributed by atoms with Crippen LogP contribution >= 0.6 is 0 Å². The molecule has 49 heavy (non-hydrogen) atoms. The summed E-state index contributed by atoms with van der Waals surface area (Å²) in [5.74, 6) is -0.144. The Labute approximate surface area is 300 Å². The summed E-state index contributed by atoms with van der Waals surface area (Å²) in [6.07, 6.45) is 25.4. The van der Waals surface area contributed by atoms with Gasteiger partial charge in [-0.25, -0.2) is 0 Å². The van der Waals surface area contributed by atoms with Crippen molar-refractivity contribution in [1.29, 1.82) is 0 Å². The number of carbonyl (C=O) groups excluding carboxylic acids is 1. The van der Waals surface area contributed by atoms with E-state index in [0.29, 0.717) is 12.8 Å². The maximum atomic E-state index is 12.9. The third kappa shape index (κ3) is 23.4. The minimum absolute atomic E-state index is 0.133. The van der Waals surface area contributed by atoms with E-state index in [1.54, 1.807) is 0 Å². The average Bonchev–Trinajstić information content (AvgIpc) is 3.10. The van der Waals surface area contributed by atoms with Gasteiger partial charge in [-0.15, -0.1) is 0 Å². The van der Waals surface area contributed by atoms with Crippen molar-refractivity contribution in [2.24, 2.45) is 0 Å². The van der Waals surface area contributed by atoms with Crippen molar-refractivity contribution in [1.82, 2.24) is 5.32 Å². The molecule has 292 valence electrons. The van der Waals surface area contributed by atoms with Crippen LogP contribution in [0.4, 0.5) is 0 Å². The van der Waals surface area contributed by atoms with Gasteiger partial charge in [0.05, 0.1) is 25.4 Å². The summed E-state index contributed by atoms with van der Waals surface area (Å²) >= 11 is 0. The first-order valence-electron chi connectivity index (χ1n) is 20.7. The number of hydrogen-bond donors (Lipinski definition) is 6. The topological polar surface area (TPSA) is 149 Å². The first-order chi connectivity index (χ1) is 23.8. The van der Waals surface area contributed by atoms with Crippen LogP contribution in [-0.2, 0) is 14.3 Å². The largest absolute Gasteiger partial charge is 0.394 e. The lowest BCUT2D eigenvalue weighted by Gasteiger charge is -2.40. The summed E-state index contributed by atoms with van der Waals surface area (Å²) in [7, 11) is 0. The quantitative estimate of drug-likeness (QED) is 0.0376. The lowest BCUT2D eigenvalue weighted by atomic mass is 9.99. The minimum Gasteiger partial charge on any atom is -0.394 e. The van der Waals surface area contributed by atoms with Gasteiger partial charge in [-0.1, -0.05) is 174 Å². The van der Waals surface area contributed by atoms with Crippen LogP contribution in [0, 0.1) is 0 Å². The van der Waals surface area contributed by atoms with Gasteiger partial charge in [0.2, 0.25) is 5.91 Å². The molecule has 7 atom stereocenters. The first kappa shape index (κ1) is 46.2. The van der Waals surface area contributed by atoms with E-state index < -0.39 is 49.5 Å². The van der Waals surface area contributed by atoms with Crippen molar-refractivity contribution in [3.8, 4) is 0 Å². The molecule has 6 N–H and O–H groups in total. The molecule has 1 aliphatic heterocycles. The molecule has 0 saturated carbocycles. The number of aliphatic hydroxyl groups is 5. The third-order valence-corrected chi connectivity index (χ3v) is 10.2. The molecule has 9 nitrogen and oxygen atoms in total. The van der Waals surface area contributed by atoms with Crippen LogP contribution in [0.3, 0.4) is 0 Å². The van der Waals surface area contributed by atoms with Crippen molar-refractivity contribution in [2.75, 3.05) is 13.2 Å². The molecule has 0 bridgehead atoms. The lowest BCUT2D eigenvalue weighted by Crippen LogP contribution is -2.60. The van der Waals surface area contributed by atoms with E-state index in [2.05, 4.69) is 19.2 Å². The predicted molar refractivity (Wildman–Crippen MR) is 198 cm³/mol. The molecular weight excluding hydrogens is 622 g/mol. The standard InChI is InChI=1S/C40H79NO8/c1-3-5-7-9-11-13-15-16-17-18-19-20-22-24-26-28-30-36(44)41-33(32-48-40-39(47)38(46)37(45)35(31-42)49-40)34(43)29-27-25-23-21-14-12-10-8-6-4-2/h33-35,37-40,42-43,45-47H,3-32H2,1-2H3,(H,41,44)/t33-,34+,35-,37-,38?,39?,40-/m0/s1. The van der Waals surface area contributed by atoms with Gasteiger partial charge < -0.3 is 40.3 Å². The van der Waals surface area contributed by atoms with Gasteiger partial charge in [0.15, 0.2) is 6.29 Å². The van der Waals surface area contributed by atoms with Crippen LogP contribution in [0.15, 0.2) is 0 Å². The summed E-state index contributed by atoms with van der Waals surface area (Å²) in [5.41, 5.74) is 0. The van der Waals surface area contributed by atoms with E-state index in [0.717, 1.165) is 38.5 Å². The second-order valence-corrected chi connectivity index (χ2v) is 14.8. The zero-order valence-corrected chi connectivity index (χ0v) is 31.7. The summed E-state index contributed by atoms with van der Waals surface area (Å²) in [6, 6.07) is -0.709. The van der Waals surface area contributed by atoms with Crippen molar-refractivity contribution in [3.63, 3.8) is 0 Å². The SMILES string of the molecule is CCCCCCCCCCCCCCCCCCC(=O)N[C@@H](CO[C@H]1O[C@@H](CO)[C@H](O)C(O)C1O)[C@H](O)CCCCCCCCCCCC. The van der Waals surface area contributed by atoms with E-state index in [1.165, 1.54) is 128 Å². The van der Waals surface area contributed by atoms with Crippen molar-refractivity contribution in [3.05, 3.63) is 0 Å². The molecule has 0 radical (unpaired) electrons. The molecule has 2 unspecified atom stereocenters. The second kappa shape index (κ2) is 31.9. The number of rotatable bonds is 34. The number of aliphatic hydroxyl groups excluding tert-OH is 5. The van der Waals surface area contributed by atoms with Gasteiger partial charge in [-0.3, -0.25) is 4.79 Å². The second-order valence-electron chi connectivity index (χ2n) is 14.8. The first-order valence-corrected chi connectivity index (χ1v) is 20.7. The Bertz CT molecular complexity index is 741. The highest BCUT2D eigenvalue weighted by atomic mass is 16.7. The van der Waals surface area contributed by atoms with Crippen LogP contribution in [-0.4, -0.2) is 87.5 Å². The minimum atomic E-state index is -1.55. The highest BCUT2D eigenvalue weighted by Crippen LogP contribution is 2.23. The fourth-order valence-corrected chi connectivity index (χ4v) is 6.81. The number of unbranched alkanes of at least 4 members (excludes halogenated alkanes) is 24. The Morgan fingerprint density at radius 2 is 1.02 bits per heavy atom.